The number of fused-ring (bicyclic) bond motifs is 3. The molecule has 0 radical (unpaired) electrons. The first-order valence-electron chi connectivity index (χ1n) is 16.7. The Hall–Kier alpha value is -6.51. The van der Waals surface area contributed by atoms with E-state index in [4.69, 9.17) is 0 Å². The van der Waals surface area contributed by atoms with Crippen LogP contribution in [0.2, 0.25) is 0 Å². The summed E-state index contributed by atoms with van der Waals surface area (Å²) < 4.78 is 0. The van der Waals surface area contributed by atoms with Crippen molar-refractivity contribution in [2.75, 3.05) is 4.90 Å². The number of nitrogens with zero attached hydrogens (tertiary/aromatic N) is 2. The number of hydrogen-bond donors (Lipinski definition) is 0. The molecule has 1 aromatic heterocycles. The topological polar surface area (TPSA) is 16.1 Å². The molecular formula is C47H32N2. The molecule has 9 aromatic rings. The minimum atomic E-state index is 0.984. The third kappa shape index (κ3) is 5.11. The van der Waals surface area contributed by atoms with Gasteiger partial charge in [0.15, 0.2) is 0 Å². The molecule has 9 rings (SSSR count). The van der Waals surface area contributed by atoms with Crippen LogP contribution in [0.4, 0.5) is 17.1 Å². The fourth-order valence-electron chi connectivity index (χ4n) is 7.26. The lowest BCUT2D eigenvalue weighted by molar-refractivity contribution is 1.30. The number of pyridine rings is 1. The van der Waals surface area contributed by atoms with Crippen LogP contribution >= 0.6 is 0 Å². The Bertz CT molecular complexity index is 2590. The van der Waals surface area contributed by atoms with Crippen molar-refractivity contribution in [3.05, 3.63) is 194 Å². The summed E-state index contributed by atoms with van der Waals surface area (Å²) in [5.74, 6) is 0. The van der Waals surface area contributed by atoms with Crippen LogP contribution in [0.5, 0.6) is 0 Å². The largest absolute Gasteiger partial charge is 0.310 e. The molecule has 230 valence electrons. The molecule has 0 unspecified atom stereocenters. The van der Waals surface area contributed by atoms with E-state index in [2.05, 4.69) is 186 Å². The zero-order chi connectivity index (χ0) is 32.6. The summed E-state index contributed by atoms with van der Waals surface area (Å²) in [5.41, 5.74) is 10.4. The highest BCUT2D eigenvalue weighted by molar-refractivity contribution is 6.10. The molecule has 0 atom stereocenters. The summed E-state index contributed by atoms with van der Waals surface area (Å²) in [6, 6.07) is 67.4. The van der Waals surface area contributed by atoms with Crippen LogP contribution in [0.3, 0.4) is 0 Å². The summed E-state index contributed by atoms with van der Waals surface area (Å²) in [7, 11) is 0. The second-order valence-corrected chi connectivity index (χ2v) is 12.3. The Morgan fingerprint density at radius 2 is 0.878 bits per heavy atom. The van der Waals surface area contributed by atoms with Crippen LogP contribution in [-0.4, -0.2) is 4.98 Å². The minimum Gasteiger partial charge on any atom is -0.310 e. The molecule has 0 saturated carbocycles. The van der Waals surface area contributed by atoms with Crippen LogP contribution in [0.15, 0.2) is 194 Å². The first kappa shape index (κ1) is 28.7. The zero-order valence-corrected chi connectivity index (χ0v) is 26.9. The van der Waals surface area contributed by atoms with Gasteiger partial charge in [-0.05, 0) is 91.6 Å². The van der Waals surface area contributed by atoms with Gasteiger partial charge in [-0.15, -0.1) is 0 Å². The minimum absolute atomic E-state index is 0.984. The molecule has 0 aliphatic carbocycles. The molecule has 0 bridgehead atoms. The van der Waals surface area contributed by atoms with Crippen molar-refractivity contribution in [2.45, 2.75) is 0 Å². The maximum absolute atomic E-state index is 4.64. The maximum Gasteiger partial charge on any atom is 0.0708 e. The standard InChI is InChI=1S/C47H32N2/c1-2-15-35(16-3-1)49(47-31-30-43(42-20-8-9-21-45(42)47)40-22-12-14-33-13-4-5-17-37(33)40)36-26-24-34(25-27-36)38-28-29-44(46-23-10-11-32-48-46)41-19-7-6-18-39(38)41/h1-32H. The van der Waals surface area contributed by atoms with Crippen molar-refractivity contribution in [1.29, 1.82) is 0 Å². The SMILES string of the molecule is c1ccc(N(c2ccc(-c3ccc(-c4ccccn4)c4ccccc34)cc2)c2ccc(-c3cccc4ccccc34)c3ccccc23)cc1. The Morgan fingerprint density at radius 1 is 0.327 bits per heavy atom. The van der Waals surface area contributed by atoms with Crippen LogP contribution in [0.25, 0.3) is 65.8 Å². The maximum atomic E-state index is 4.64. The summed E-state index contributed by atoms with van der Waals surface area (Å²) in [4.78, 5) is 7.02. The van der Waals surface area contributed by atoms with E-state index >= 15 is 0 Å². The van der Waals surface area contributed by atoms with Crippen molar-refractivity contribution in [3.63, 3.8) is 0 Å². The fraction of sp³-hybridized carbons (Fsp3) is 0. The van der Waals surface area contributed by atoms with Gasteiger partial charge in [-0.25, -0.2) is 0 Å². The molecule has 0 aliphatic heterocycles. The number of hydrogen-bond acceptors (Lipinski definition) is 2. The molecule has 2 nitrogen and oxygen atoms in total. The van der Waals surface area contributed by atoms with Gasteiger partial charge in [-0.2, -0.15) is 0 Å². The van der Waals surface area contributed by atoms with Crippen LogP contribution in [0.1, 0.15) is 0 Å². The average molecular weight is 625 g/mol. The molecule has 49 heavy (non-hydrogen) atoms. The summed E-state index contributed by atoms with van der Waals surface area (Å²) in [5, 5.41) is 7.36. The van der Waals surface area contributed by atoms with E-state index in [1.54, 1.807) is 0 Å². The predicted molar refractivity (Wildman–Crippen MR) is 208 cm³/mol. The number of aromatic nitrogens is 1. The second kappa shape index (κ2) is 12.3. The smallest absolute Gasteiger partial charge is 0.0708 e. The molecule has 8 aromatic carbocycles. The molecular weight excluding hydrogens is 593 g/mol. The first-order chi connectivity index (χ1) is 24.3. The monoisotopic (exact) mass is 624 g/mol. The Labute approximate surface area is 286 Å². The van der Waals surface area contributed by atoms with Gasteiger partial charge in [0.05, 0.1) is 11.4 Å². The lowest BCUT2D eigenvalue weighted by atomic mass is 9.92. The second-order valence-electron chi connectivity index (χ2n) is 12.3. The van der Waals surface area contributed by atoms with Gasteiger partial charge in [0.2, 0.25) is 0 Å². The van der Waals surface area contributed by atoms with Gasteiger partial charge in [0.25, 0.3) is 0 Å². The summed E-state index contributed by atoms with van der Waals surface area (Å²) >= 11 is 0. The van der Waals surface area contributed by atoms with Crippen molar-refractivity contribution in [3.8, 4) is 33.5 Å². The van der Waals surface area contributed by atoms with Gasteiger partial charge in [-0.1, -0.05) is 146 Å². The molecule has 0 spiro atoms. The van der Waals surface area contributed by atoms with Crippen molar-refractivity contribution >= 4 is 49.4 Å². The van der Waals surface area contributed by atoms with E-state index in [9.17, 15) is 0 Å². The van der Waals surface area contributed by atoms with Gasteiger partial charge in [-0.3, -0.25) is 4.98 Å². The molecule has 0 amide bonds. The third-order valence-electron chi connectivity index (χ3n) is 9.54. The molecule has 2 heteroatoms. The highest BCUT2D eigenvalue weighted by Crippen LogP contribution is 2.44. The molecule has 0 N–H and O–H groups in total. The average Bonchev–Trinajstić information content (AvgIpc) is 3.18. The lowest BCUT2D eigenvalue weighted by Gasteiger charge is -2.28. The Kier molecular flexibility index (Phi) is 7.18. The third-order valence-corrected chi connectivity index (χ3v) is 9.54. The van der Waals surface area contributed by atoms with E-state index < -0.39 is 0 Å². The van der Waals surface area contributed by atoms with Crippen LogP contribution in [0, 0.1) is 0 Å². The van der Waals surface area contributed by atoms with E-state index in [1.807, 2.05) is 18.3 Å². The number of rotatable bonds is 6. The van der Waals surface area contributed by atoms with Gasteiger partial charge >= 0.3 is 0 Å². The van der Waals surface area contributed by atoms with Crippen molar-refractivity contribution < 1.29 is 0 Å². The summed E-state index contributed by atoms with van der Waals surface area (Å²) in [6.07, 6.45) is 1.86. The Balaban J connectivity index is 1.17. The van der Waals surface area contributed by atoms with Gasteiger partial charge in [0.1, 0.15) is 0 Å². The number of benzene rings is 8. The highest BCUT2D eigenvalue weighted by Gasteiger charge is 2.18. The zero-order valence-electron chi connectivity index (χ0n) is 26.9. The van der Waals surface area contributed by atoms with Crippen molar-refractivity contribution in [2.24, 2.45) is 0 Å². The van der Waals surface area contributed by atoms with Gasteiger partial charge < -0.3 is 4.90 Å². The van der Waals surface area contributed by atoms with E-state index in [-0.39, 0.29) is 0 Å². The Morgan fingerprint density at radius 3 is 1.63 bits per heavy atom. The molecule has 1 heterocycles. The van der Waals surface area contributed by atoms with Crippen LogP contribution in [-0.2, 0) is 0 Å². The first-order valence-corrected chi connectivity index (χ1v) is 16.7. The summed E-state index contributed by atoms with van der Waals surface area (Å²) in [6.45, 7) is 0. The van der Waals surface area contributed by atoms with E-state index in [1.165, 1.54) is 54.6 Å². The molecule has 0 saturated heterocycles. The predicted octanol–water partition coefficient (Wildman–Crippen LogP) is 13.0. The van der Waals surface area contributed by atoms with Gasteiger partial charge in [0, 0.05) is 28.5 Å². The normalized spacial score (nSPS) is 11.3. The van der Waals surface area contributed by atoms with E-state index in [0.717, 1.165) is 28.3 Å². The van der Waals surface area contributed by atoms with E-state index in [0.29, 0.717) is 0 Å². The quantitative estimate of drug-likeness (QED) is 0.183. The van der Waals surface area contributed by atoms with Crippen molar-refractivity contribution in [1.82, 2.24) is 4.98 Å². The molecule has 0 aliphatic rings. The highest BCUT2D eigenvalue weighted by atomic mass is 15.1. The number of para-hydroxylation sites is 1. The van der Waals surface area contributed by atoms with Crippen LogP contribution < -0.4 is 4.90 Å². The number of anilines is 3. The fourth-order valence-corrected chi connectivity index (χ4v) is 7.26. The lowest BCUT2D eigenvalue weighted by Crippen LogP contribution is -2.10. The molecule has 0 fully saturated rings.